The van der Waals surface area contributed by atoms with Crippen LogP contribution in [0.1, 0.15) is 5.56 Å². The van der Waals surface area contributed by atoms with Crippen LogP contribution in [0.15, 0.2) is 71.6 Å². The molecule has 0 saturated heterocycles. The Labute approximate surface area is 179 Å². The number of halogens is 1. The van der Waals surface area contributed by atoms with E-state index < -0.39 is 28.4 Å². The predicted octanol–water partition coefficient (Wildman–Crippen LogP) is 3.96. The minimum atomic E-state index is -3.87. The first-order valence-corrected chi connectivity index (χ1v) is 10.7. The number of hydrogen-bond acceptors (Lipinski definition) is 5. The van der Waals surface area contributed by atoms with Gasteiger partial charge in [-0.05, 0) is 61.0 Å². The van der Waals surface area contributed by atoms with Gasteiger partial charge < -0.3 is 14.8 Å². The molecule has 0 aromatic heterocycles. The number of para-hydroxylation sites is 1. The molecule has 162 valence electrons. The molecule has 0 unspecified atom stereocenters. The molecule has 0 aliphatic carbocycles. The van der Waals surface area contributed by atoms with Gasteiger partial charge in [-0.3, -0.25) is 9.52 Å². The Bertz CT molecular complexity index is 1180. The highest BCUT2D eigenvalue weighted by atomic mass is 32.2. The van der Waals surface area contributed by atoms with Crippen LogP contribution in [0.3, 0.4) is 0 Å². The summed E-state index contributed by atoms with van der Waals surface area (Å²) in [6.07, 6.45) is 0. The van der Waals surface area contributed by atoms with Crippen molar-refractivity contribution in [2.45, 2.75) is 11.8 Å². The largest absolute Gasteiger partial charge is 0.495 e. The number of carbonyl (C=O) groups excluding carboxylic acids is 1. The SMILES string of the molecule is COc1ccc(C)cc1NS(=O)(=O)c1ccc(NC(=O)COc2ccccc2F)cc1. The molecule has 0 saturated carbocycles. The fraction of sp³-hybridized carbons (Fsp3) is 0.136. The minimum Gasteiger partial charge on any atom is -0.495 e. The number of benzene rings is 3. The number of ether oxygens (including phenoxy) is 2. The van der Waals surface area contributed by atoms with Gasteiger partial charge in [0.1, 0.15) is 5.75 Å². The van der Waals surface area contributed by atoms with Crippen LogP contribution in [0, 0.1) is 12.7 Å². The number of carbonyl (C=O) groups is 1. The van der Waals surface area contributed by atoms with Crippen LogP contribution in [-0.2, 0) is 14.8 Å². The maximum absolute atomic E-state index is 13.5. The van der Waals surface area contributed by atoms with Gasteiger partial charge in [0.2, 0.25) is 0 Å². The number of nitrogens with one attached hydrogen (secondary N) is 2. The van der Waals surface area contributed by atoms with Crippen molar-refractivity contribution in [1.82, 2.24) is 0 Å². The van der Waals surface area contributed by atoms with E-state index in [1.807, 2.05) is 13.0 Å². The maximum Gasteiger partial charge on any atom is 0.262 e. The molecule has 0 aliphatic rings. The average Bonchev–Trinajstić information content (AvgIpc) is 2.73. The highest BCUT2D eigenvalue weighted by Gasteiger charge is 2.17. The van der Waals surface area contributed by atoms with Gasteiger partial charge in [0.15, 0.2) is 18.2 Å². The van der Waals surface area contributed by atoms with E-state index in [9.17, 15) is 17.6 Å². The van der Waals surface area contributed by atoms with Crippen molar-refractivity contribution >= 4 is 27.3 Å². The lowest BCUT2D eigenvalue weighted by molar-refractivity contribution is -0.118. The molecule has 0 heterocycles. The molecule has 0 atom stereocenters. The summed E-state index contributed by atoms with van der Waals surface area (Å²) in [4.78, 5) is 12.0. The van der Waals surface area contributed by atoms with Gasteiger partial charge in [-0.25, -0.2) is 12.8 Å². The monoisotopic (exact) mass is 444 g/mol. The second-order valence-electron chi connectivity index (χ2n) is 6.60. The van der Waals surface area contributed by atoms with Crippen molar-refractivity contribution < 1.29 is 27.1 Å². The highest BCUT2D eigenvalue weighted by molar-refractivity contribution is 7.92. The first-order valence-electron chi connectivity index (χ1n) is 9.23. The van der Waals surface area contributed by atoms with E-state index in [1.165, 1.54) is 49.6 Å². The van der Waals surface area contributed by atoms with E-state index in [2.05, 4.69) is 10.0 Å². The molecule has 3 aromatic carbocycles. The van der Waals surface area contributed by atoms with E-state index in [4.69, 9.17) is 9.47 Å². The first kappa shape index (κ1) is 22.1. The van der Waals surface area contributed by atoms with E-state index in [0.717, 1.165) is 5.56 Å². The summed E-state index contributed by atoms with van der Waals surface area (Å²) in [5.74, 6) is -0.714. The lowest BCUT2D eigenvalue weighted by Crippen LogP contribution is -2.20. The zero-order chi connectivity index (χ0) is 22.4. The number of methoxy groups -OCH3 is 1. The molecule has 9 heteroatoms. The van der Waals surface area contributed by atoms with Crippen LogP contribution >= 0.6 is 0 Å². The fourth-order valence-electron chi connectivity index (χ4n) is 2.72. The minimum absolute atomic E-state index is 0.0108. The van der Waals surface area contributed by atoms with Gasteiger partial charge in [-0.1, -0.05) is 18.2 Å². The van der Waals surface area contributed by atoms with Crippen LogP contribution in [0.25, 0.3) is 0 Å². The van der Waals surface area contributed by atoms with Crippen molar-refractivity contribution in [1.29, 1.82) is 0 Å². The molecule has 0 spiro atoms. The van der Waals surface area contributed by atoms with Gasteiger partial charge >= 0.3 is 0 Å². The summed E-state index contributed by atoms with van der Waals surface area (Å²) in [5, 5.41) is 2.56. The van der Waals surface area contributed by atoms with E-state index in [1.54, 1.807) is 18.2 Å². The number of sulfonamides is 1. The van der Waals surface area contributed by atoms with Crippen LogP contribution in [-0.4, -0.2) is 28.0 Å². The topological polar surface area (TPSA) is 93.7 Å². The normalized spacial score (nSPS) is 10.9. The molecule has 1 amide bonds. The van der Waals surface area contributed by atoms with Crippen molar-refractivity contribution in [3.63, 3.8) is 0 Å². The van der Waals surface area contributed by atoms with Crippen LogP contribution in [0.5, 0.6) is 11.5 Å². The van der Waals surface area contributed by atoms with Crippen molar-refractivity contribution in [2.75, 3.05) is 23.8 Å². The third kappa shape index (κ3) is 5.73. The molecule has 2 N–H and O–H groups in total. The summed E-state index contributed by atoms with van der Waals surface area (Å²) < 4.78 is 51.8. The second kappa shape index (κ2) is 9.48. The summed E-state index contributed by atoms with van der Waals surface area (Å²) >= 11 is 0. The van der Waals surface area contributed by atoms with Crippen LogP contribution in [0.4, 0.5) is 15.8 Å². The molecule has 31 heavy (non-hydrogen) atoms. The lowest BCUT2D eigenvalue weighted by atomic mass is 10.2. The summed E-state index contributed by atoms with van der Waals surface area (Å²) in [6.45, 7) is 1.44. The summed E-state index contributed by atoms with van der Waals surface area (Å²) in [6, 6.07) is 16.5. The highest BCUT2D eigenvalue weighted by Crippen LogP contribution is 2.28. The molecule has 0 bridgehead atoms. The third-order valence-electron chi connectivity index (χ3n) is 4.24. The molecule has 0 fully saturated rings. The molecular weight excluding hydrogens is 423 g/mol. The molecule has 0 aliphatic heterocycles. The van der Waals surface area contributed by atoms with E-state index in [-0.39, 0.29) is 10.6 Å². The molecular formula is C22H21FN2O5S. The Morgan fingerprint density at radius 1 is 1.00 bits per heavy atom. The Balaban J connectivity index is 1.64. The standard InChI is InChI=1S/C22H21FN2O5S/c1-15-7-12-21(29-2)19(13-15)25-31(27,28)17-10-8-16(9-11-17)24-22(26)14-30-20-6-4-3-5-18(20)23/h3-13,25H,14H2,1-2H3,(H,24,26). The summed E-state index contributed by atoms with van der Waals surface area (Å²) in [7, 11) is -2.41. The smallest absolute Gasteiger partial charge is 0.262 e. The third-order valence-corrected chi connectivity index (χ3v) is 5.62. The van der Waals surface area contributed by atoms with Crippen LogP contribution in [0.2, 0.25) is 0 Å². The quantitative estimate of drug-likeness (QED) is 0.549. The number of anilines is 2. The van der Waals surface area contributed by atoms with Gasteiger partial charge in [0.05, 0.1) is 17.7 Å². The Kier molecular flexibility index (Phi) is 6.76. The average molecular weight is 444 g/mol. The van der Waals surface area contributed by atoms with Gasteiger partial charge in [-0.2, -0.15) is 0 Å². The fourth-order valence-corrected chi connectivity index (χ4v) is 3.79. The van der Waals surface area contributed by atoms with Crippen molar-refractivity contribution in [2.24, 2.45) is 0 Å². The van der Waals surface area contributed by atoms with E-state index in [0.29, 0.717) is 17.1 Å². The zero-order valence-electron chi connectivity index (χ0n) is 16.9. The second-order valence-corrected chi connectivity index (χ2v) is 8.28. The van der Waals surface area contributed by atoms with Gasteiger partial charge in [0.25, 0.3) is 15.9 Å². The molecule has 3 rings (SSSR count). The lowest BCUT2D eigenvalue weighted by Gasteiger charge is -2.13. The van der Waals surface area contributed by atoms with Gasteiger partial charge in [-0.15, -0.1) is 0 Å². The maximum atomic E-state index is 13.5. The molecule has 3 aromatic rings. The number of aryl methyl sites for hydroxylation is 1. The number of hydrogen-bond donors (Lipinski definition) is 2. The zero-order valence-corrected chi connectivity index (χ0v) is 17.7. The van der Waals surface area contributed by atoms with E-state index >= 15 is 0 Å². The molecule has 7 nitrogen and oxygen atoms in total. The Morgan fingerprint density at radius 3 is 2.39 bits per heavy atom. The number of amides is 1. The predicted molar refractivity (Wildman–Crippen MR) is 116 cm³/mol. The van der Waals surface area contributed by atoms with Crippen molar-refractivity contribution in [3.05, 3.63) is 78.1 Å². The van der Waals surface area contributed by atoms with Gasteiger partial charge in [0, 0.05) is 5.69 Å². The molecule has 0 radical (unpaired) electrons. The Hall–Kier alpha value is -3.59. The van der Waals surface area contributed by atoms with Crippen molar-refractivity contribution in [3.8, 4) is 11.5 Å². The van der Waals surface area contributed by atoms with Crippen LogP contribution < -0.4 is 19.5 Å². The first-order chi connectivity index (χ1) is 14.8. The Morgan fingerprint density at radius 2 is 1.71 bits per heavy atom. The summed E-state index contributed by atoms with van der Waals surface area (Å²) in [5.41, 5.74) is 1.56. The number of rotatable bonds is 8.